The SMILES string of the molecule is O=C(NCCc1ccc(Cl)cc1)c1cc(Nc2ccc(F)c(F)c2)ccn1. The van der Waals surface area contributed by atoms with Gasteiger partial charge in [0.15, 0.2) is 11.6 Å². The number of rotatable bonds is 6. The zero-order valence-electron chi connectivity index (χ0n) is 14.2. The van der Waals surface area contributed by atoms with Gasteiger partial charge in [0.05, 0.1) is 0 Å². The fraction of sp³-hybridized carbons (Fsp3) is 0.100. The fourth-order valence-corrected chi connectivity index (χ4v) is 2.56. The highest BCUT2D eigenvalue weighted by atomic mass is 35.5. The lowest BCUT2D eigenvalue weighted by atomic mass is 10.1. The third-order valence-corrected chi connectivity index (χ3v) is 4.07. The van der Waals surface area contributed by atoms with Crippen LogP contribution in [0, 0.1) is 11.6 Å². The van der Waals surface area contributed by atoms with E-state index in [0.717, 1.165) is 17.7 Å². The summed E-state index contributed by atoms with van der Waals surface area (Å²) in [5.74, 6) is -2.19. The van der Waals surface area contributed by atoms with Gasteiger partial charge in [0.2, 0.25) is 0 Å². The van der Waals surface area contributed by atoms with Crippen molar-refractivity contribution in [1.82, 2.24) is 10.3 Å². The third kappa shape index (κ3) is 5.24. The molecule has 3 rings (SSSR count). The number of pyridine rings is 1. The average molecular weight is 388 g/mol. The van der Waals surface area contributed by atoms with Crippen molar-refractivity contribution in [2.24, 2.45) is 0 Å². The van der Waals surface area contributed by atoms with Crippen LogP contribution in [0.25, 0.3) is 0 Å². The summed E-state index contributed by atoms with van der Waals surface area (Å²) in [6, 6.07) is 14.1. The standard InChI is InChI=1S/C20H16ClF2N3O/c21-14-3-1-13(2-4-14)7-9-25-20(27)19-12-16(8-10-24-19)26-15-5-6-17(22)18(23)11-15/h1-6,8,10-12H,7,9H2,(H,24,26)(H,25,27). The van der Waals surface area contributed by atoms with Gasteiger partial charge < -0.3 is 10.6 Å². The second-order valence-electron chi connectivity index (χ2n) is 5.82. The van der Waals surface area contributed by atoms with Crippen LogP contribution in [0.3, 0.4) is 0 Å². The summed E-state index contributed by atoms with van der Waals surface area (Å²) in [6.07, 6.45) is 2.13. The Morgan fingerprint density at radius 3 is 2.44 bits per heavy atom. The van der Waals surface area contributed by atoms with E-state index in [-0.39, 0.29) is 11.6 Å². The predicted molar refractivity (Wildman–Crippen MR) is 101 cm³/mol. The Kier molecular flexibility index (Phi) is 5.98. The summed E-state index contributed by atoms with van der Waals surface area (Å²) in [6.45, 7) is 0.447. The van der Waals surface area contributed by atoms with Crippen LogP contribution in [0.2, 0.25) is 5.02 Å². The summed E-state index contributed by atoms with van der Waals surface area (Å²) in [4.78, 5) is 16.3. The van der Waals surface area contributed by atoms with Crippen molar-refractivity contribution in [3.63, 3.8) is 0 Å². The molecule has 1 amide bonds. The molecule has 0 radical (unpaired) electrons. The fourth-order valence-electron chi connectivity index (χ4n) is 2.44. The molecule has 0 unspecified atom stereocenters. The zero-order chi connectivity index (χ0) is 19.2. The minimum Gasteiger partial charge on any atom is -0.355 e. The highest BCUT2D eigenvalue weighted by Gasteiger charge is 2.09. The van der Waals surface area contributed by atoms with Crippen LogP contribution >= 0.6 is 11.6 Å². The van der Waals surface area contributed by atoms with Gasteiger partial charge in [-0.2, -0.15) is 0 Å². The number of amides is 1. The van der Waals surface area contributed by atoms with Gasteiger partial charge in [0.25, 0.3) is 5.91 Å². The van der Waals surface area contributed by atoms with E-state index in [0.29, 0.717) is 29.4 Å². The minimum atomic E-state index is -0.950. The number of hydrogen-bond acceptors (Lipinski definition) is 3. The van der Waals surface area contributed by atoms with E-state index in [9.17, 15) is 13.6 Å². The van der Waals surface area contributed by atoms with Crippen molar-refractivity contribution in [2.45, 2.75) is 6.42 Å². The van der Waals surface area contributed by atoms with Gasteiger partial charge in [-0.25, -0.2) is 8.78 Å². The first-order valence-electron chi connectivity index (χ1n) is 8.22. The molecule has 0 bridgehead atoms. The normalized spacial score (nSPS) is 10.5. The summed E-state index contributed by atoms with van der Waals surface area (Å²) >= 11 is 5.84. The number of halogens is 3. The number of benzene rings is 2. The molecular weight excluding hydrogens is 372 g/mol. The van der Waals surface area contributed by atoms with Crippen molar-refractivity contribution in [1.29, 1.82) is 0 Å². The molecule has 0 aliphatic carbocycles. The smallest absolute Gasteiger partial charge is 0.269 e. The number of carbonyl (C=O) groups excluding carboxylic acids is 1. The van der Waals surface area contributed by atoms with Gasteiger partial charge in [-0.05, 0) is 48.4 Å². The van der Waals surface area contributed by atoms with Gasteiger partial charge in [0, 0.05) is 35.2 Å². The molecule has 4 nitrogen and oxygen atoms in total. The molecule has 0 saturated heterocycles. The first kappa shape index (κ1) is 18.8. The Hall–Kier alpha value is -2.99. The molecule has 0 spiro atoms. The molecule has 2 N–H and O–H groups in total. The van der Waals surface area contributed by atoms with E-state index in [1.165, 1.54) is 12.3 Å². The third-order valence-electron chi connectivity index (χ3n) is 3.81. The summed E-state index contributed by atoms with van der Waals surface area (Å²) < 4.78 is 26.3. The lowest BCUT2D eigenvalue weighted by molar-refractivity contribution is 0.0949. The van der Waals surface area contributed by atoms with Gasteiger partial charge in [-0.1, -0.05) is 23.7 Å². The Morgan fingerprint density at radius 2 is 1.70 bits per heavy atom. The van der Waals surface area contributed by atoms with Gasteiger partial charge in [0.1, 0.15) is 5.69 Å². The van der Waals surface area contributed by atoms with Crippen LogP contribution < -0.4 is 10.6 Å². The van der Waals surface area contributed by atoms with Crippen LogP contribution in [0.1, 0.15) is 16.1 Å². The number of nitrogens with zero attached hydrogens (tertiary/aromatic N) is 1. The van der Waals surface area contributed by atoms with Crippen molar-refractivity contribution in [3.8, 4) is 0 Å². The quantitative estimate of drug-likeness (QED) is 0.643. The number of nitrogens with one attached hydrogen (secondary N) is 2. The van der Waals surface area contributed by atoms with Crippen molar-refractivity contribution >= 4 is 28.9 Å². The lowest BCUT2D eigenvalue weighted by Gasteiger charge is -2.09. The monoisotopic (exact) mass is 387 g/mol. The number of aromatic nitrogens is 1. The second-order valence-corrected chi connectivity index (χ2v) is 6.25. The largest absolute Gasteiger partial charge is 0.355 e. The molecule has 138 valence electrons. The summed E-state index contributed by atoms with van der Waals surface area (Å²) in [5, 5.41) is 6.38. The van der Waals surface area contributed by atoms with Crippen LogP contribution in [-0.2, 0) is 6.42 Å². The van der Waals surface area contributed by atoms with Gasteiger partial charge >= 0.3 is 0 Å². The minimum absolute atomic E-state index is 0.221. The Morgan fingerprint density at radius 1 is 0.963 bits per heavy atom. The van der Waals surface area contributed by atoms with E-state index in [4.69, 9.17) is 11.6 Å². The van der Waals surface area contributed by atoms with E-state index in [1.54, 1.807) is 24.3 Å². The molecule has 0 aliphatic rings. The molecule has 2 aromatic carbocycles. The lowest BCUT2D eigenvalue weighted by Crippen LogP contribution is -2.26. The van der Waals surface area contributed by atoms with Gasteiger partial charge in [-0.15, -0.1) is 0 Å². The second kappa shape index (κ2) is 8.60. The average Bonchev–Trinajstić information content (AvgIpc) is 2.66. The molecule has 0 aliphatic heterocycles. The topological polar surface area (TPSA) is 54.0 Å². The van der Waals surface area contributed by atoms with Crippen molar-refractivity contribution < 1.29 is 13.6 Å². The van der Waals surface area contributed by atoms with Crippen LogP contribution in [-0.4, -0.2) is 17.4 Å². The van der Waals surface area contributed by atoms with E-state index in [1.807, 2.05) is 12.1 Å². The molecule has 3 aromatic rings. The highest BCUT2D eigenvalue weighted by molar-refractivity contribution is 6.30. The van der Waals surface area contributed by atoms with Gasteiger partial charge in [-0.3, -0.25) is 9.78 Å². The van der Waals surface area contributed by atoms with Crippen LogP contribution in [0.15, 0.2) is 60.8 Å². The summed E-state index contributed by atoms with van der Waals surface area (Å²) in [7, 11) is 0. The van der Waals surface area contributed by atoms with Crippen molar-refractivity contribution in [2.75, 3.05) is 11.9 Å². The first-order valence-corrected chi connectivity index (χ1v) is 8.60. The predicted octanol–water partition coefficient (Wildman–Crippen LogP) is 4.73. The van der Waals surface area contributed by atoms with E-state index >= 15 is 0 Å². The highest BCUT2D eigenvalue weighted by Crippen LogP contribution is 2.19. The molecule has 0 atom stereocenters. The van der Waals surface area contributed by atoms with E-state index < -0.39 is 11.6 Å². The molecular formula is C20H16ClF2N3O. The molecule has 27 heavy (non-hydrogen) atoms. The maximum absolute atomic E-state index is 13.3. The molecule has 7 heteroatoms. The van der Waals surface area contributed by atoms with Crippen molar-refractivity contribution in [3.05, 3.63) is 88.7 Å². The number of hydrogen-bond donors (Lipinski definition) is 2. The molecule has 1 heterocycles. The Labute approximate surface area is 160 Å². The van der Waals surface area contributed by atoms with Crippen LogP contribution in [0.5, 0.6) is 0 Å². The first-order chi connectivity index (χ1) is 13.0. The zero-order valence-corrected chi connectivity index (χ0v) is 14.9. The molecule has 0 saturated carbocycles. The maximum atomic E-state index is 13.3. The summed E-state index contributed by atoms with van der Waals surface area (Å²) in [5.41, 5.74) is 2.19. The number of anilines is 2. The molecule has 0 fully saturated rings. The Balaban J connectivity index is 1.59. The molecule has 1 aromatic heterocycles. The maximum Gasteiger partial charge on any atom is 0.269 e. The van der Waals surface area contributed by atoms with E-state index in [2.05, 4.69) is 15.6 Å². The van der Waals surface area contributed by atoms with Crippen LogP contribution in [0.4, 0.5) is 20.2 Å². The number of carbonyl (C=O) groups is 1. The Bertz CT molecular complexity index is 948.